The minimum atomic E-state index is -0.754. The fourth-order valence-electron chi connectivity index (χ4n) is 3.24. The van der Waals surface area contributed by atoms with E-state index in [9.17, 15) is 14.4 Å². The molecule has 11 heteroatoms. The molecule has 1 aliphatic rings. The standard InChI is InChI=1S/C26H40N4O5S2/c1-8-10-11-12-17(9-2)34-24(32)21(16(3)4)30-22(31)18-14-37-23(29-18)19-15-36-20(28-19)13-27-25(33)35-26(5,6)7/h11-12,15-18,21H,8-10,13-14H2,1-7H3,(H,27,33)(H,30,31)/b12-11+/t17?,18-,21-/m0/s1. The third-order valence-corrected chi connectivity index (χ3v) is 7.12. The van der Waals surface area contributed by atoms with Gasteiger partial charge in [-0.3, -0.25) is 9.79 Å². The Morgan fingerprint density at radius 2 is 1.97 bits per heavy atom. The molecular formula is C26H40N4O5S2. The molecule has 0 fully saturated rings. The molecule has 0 saturated carbocycles. The Morgan fingerprint density at radius 3 is 2.59 bits per heavy atom. The molecule has 0 spiro atoms. The molecule has 9 nitrogen and oxygen atoms in total. The number of aromatic nitrogens is 1. The van der Waals surface area contributed by atoms with Crippen LogP contribution in [0, 0.1) is 5.92 Å². The van der Waals surface area contributed by atoms with Crippen LogP contribution in [0.5, 0.6) is 0 Å². The number of carbonyl (C=O) groups excluding carboxylic acids is 3. The number of nitrogens with zero attached hydrogens (tertiary/aromatic N) is 2. The first-order chi connectivity index (χ1) is 17.4. The summed E-state index contributed by atoms with van der Waals surface area (Å²) in [4.78, 5) is 46.8. The van der Waals surface area contributed by atoms with Gasteiger partial charge in [0, 0.05) is 11.1 Å². The summed E-state index contributed by atoms with van der Waals surface area (Å²) in [5, 5.41) is 8.75. The lowest BCUT2D eigenvalue weighted by molar-refractivity contribution is -0.152. The molecule has 0 aromatic carbocycles. The van der Waals surface area contributed by atoms with Gasteiger partial charge in [-0.15, -0.1) is 23.1 Å². The fourth-order valence-corrected chi connectivity index (χ4v) is 5.03. The van der Waals surface area contributed by atoms with E-state index in [1.807, 2.05) is 38.3 Å². The second kappa shape index (κ2) is 14.5. The molecule has 1 aromatic rings. The quantitative estimate of drug-likeness (QED) is 0.281. The molecule has 1 aromatic heterocycles. The van der Waals surface area contributed by atoms with Crippen LogP contribution >= 0.6 is 23.1 Å². The Morgan fingerprint density at radius 1 is 1.24 bits per heavy atom. The summed E-state index contributed by atoms with van der Waals surface area (Å²) >= 11 is 2.84. The predicted molar refractivity (Wildman–Crippen MR) is 149 cm³/mol. The van der Waals surface area contributed by atoms with Crippen LogP contribution in [0.2, 0.25) is 0 Å². The van der Waals surface area contributed by atoms with Gasteiger partial charge in [0.25, 0.3) is 0 Å². The number of thiazole rings is 1. The normalized spacial score (nSPS) is 17.4. The Hall–Kier alpha value is -2.40. The van der Waals surface area contributed by atoms with Crippen molar-refractivity contribution < 1.29 is 23.9 Å². The summed E-state index contributed by atoms with van der Waals surface area (Å²) in [6.45, 7) is 13.4. The van der Waals surface area contributed by atoms with Crippen LogP contribution in [0.25, 0.3) is 0 Å². The third-order valence-electron chi connectivity index (χ3n) is 5.20. The maximum atomic E-state index is 13.0. The summed E-state index contributed by atoms with van der Waals surface area (Å²) in [5.74, 6) is -0.422. The highest BCUT2D eigenvalue weighted by molar-refractivity contribution is 8.14. The van der Waals surface area contributed by atoms with E-state index < -0.39 is 29.7 Å². The maximum Gasteiger partial charge on any atom is 0.408 e. The van der Waals surface area contributed by atoms with E-state index in [-0.39, 0.29) is 24.5 Å². The number of alkyl carbamates (subject to hydrolysis) is 1. The van der Waals surface area contributed by atoms with E-state index in [0.29, 0.717) is 27.9 Å². The predicted octanol–water partition coefficient (Wildman–Crippen LogP) is 4.85. The van der Waals surface area contributed by atoms with Crippen molar-refractivity contribution in [3.05, 3.63) is 28.2 Å². The van der Waals surface area contributed by atoms with Crippen molar-refractivity contribution in [2.75, 3.05) is 5.75 Å². The SMILES string of the molecule is CCC/C=C/C(CC)OC(=O)[C@@H](NC(=O)[C@@H]1CSC(c2csc(CNC(=O)OC(C)(C)C)n2)=N1)C(C)C. The van der Waals surface area contributed by atoms with Crippen LogP contribution in [0.4, 0.5) is 4.79 Å². The van der Waals surface area contributed by atoms with Crippen molar-refractivity contribution in [1.82, 2.24) is 15.6 Å². The van der Waals surface area contributed by atoms with E-state index in [1.54, 1.807) is 20.8 Å². The van der Waals surface area contributed by atoms with Crippen LogP contribution in [-0.2, 0) is 25.6 Å². The highest BCUT2D eigenvalue weighted by Crippen LogP contribution is 2.25. The van der Waals surface area contributed by atoms with Gasteiger partial charge in [0.1, 0.15) is 39.5 Å². The van der Waals surface area contributed by atoms with Crippen LogP contribution in [-0.4, -0.2) is 57.5 Å². The Labute approximate surface area is 228 Å². The summed E-state index contributed by atoms with van der Waals surface area (Å²) in [6.07, 6.45) is 5.74. The number of esters is 1. The lowest BCUT2D eigenvalue weighted by atomic mass is 10.0. The van der Waals surface area contributed by atoms with E-state index in [0.717, 1.165) is 12.8 Å². The molecule has 0 saturated heterocycles. The third kappa shape index (κ3) is 10.5. The van der Waals surface area contributed by atoms with Gasteiger partial charge < -0.3 is 20.1 Å². The number of rotatable bonds is 12. The number of thioether (sulfide) groups is 1. The second-order valence-corrected chi connectivity index (χ2v) is 12.0. The van der Waals surface area contributed by atoms with E-state index in [4.69, 9.17) is 9.47 Å². The molecule has 2 N–H and O–H groups in total. The number of unbranched alkanes of at least 4 members (excludes halogenated alkanes) is 1. The summed E-state index contributed by atoms with van der Waals surface area (Å²) in [5.41, 5.74) is 0.0910. The molecule has 2 amide bonds. The average molecular weight is 553 g/mol. The van der Waals surface area contributed by atoms with Gasteiger partial charge in [-0.1, -0.05) is 40.2 Å². The highest BCUT2D eigenvalue weighted by Gasteiger charge is 2.32. The minimum absolute atomic E-state index is 0.135. The largest absolute Gasteiger partial charge is 0.457 e. The van der Waals surface area contributed by atoms with Crippen molar-refractivity contribution in [2.45, 2.75) is 98.1 Å². The van der Waals surface area contributed by atoms with Crippen LogP contribution in [0.15, 0.2) is 22.5 Å². The van der Waals surface area contributed by atoms with Gasteiger partial charge in [0.15, 0.2) is 0 Å². The number of hydrogen-bond acceptors (Lipinski definition) is 9. The first-order valence-electron chi connectivity index (χ1n) is 12.7. The molecule has 2 heterocycles. The molecule has 0 radical (unpaired) electrons. The lowest BCUT2D eigenvalue weighted by Crippen LogP contribution is -2.49. The average Bonchev–Trinajstić information content (AvgIpc) is 3.49. The van der Waals surface area contributed by atoms with Crippen molar-refractivity contribution in [3.63, 3.8) is 0 Å². The zero-order chi connectivity index (χ0) is 27.6. The van der Waals surface area contributed by atoms with Crippen LogP contribution in [0.1, 0.15) is 78.4 Å². The van der Waals surface area contributed by atoms with Crippen molar-refractivity contribution >= 4 is 46.1 Å². The molecule has 2 rings (SSSR count). The fraction of sp³-hybridized carbons (Fsp3) is 0.654. The summed E-state index contributed by atoms with van der Waals surface area (Å²) < 4.78 is 10.9. The van der Waals surface area contributed by atoms with Gasteiger partial charge in [-0.05, 0) is 45.6 Å². The Balaban J connectivity index is 1.96. The monoisotopic (exact) mass is 552 g/mol. The van der Waals surface area contributed by atoms with Crippen molar-refractivity contribution in [3.8, 4) is 0 Å². The molecule has 1 unspecified atom stereocenters. The lowest BCUT2D eigenvalue weighted by Gasteiger charge is -2.24. The zero-order valence-electron chi connectivity index (χ0n) is 22.8. The molecular weight excluding hydrogens is 512 g/mol. The molecule has 0 aliphatic carbocycles. The van der Waals surface area contributed by atoms with Gasteiger partial charge in [-0.2, -0.15) is 0 Å². The first-order valence-corrected chi connectivity index (χ1v) is 14.6. The number of aliphatic imine (C=N–C) groups is 1. The van der Waals surface area contributed by atoms with E-state index >= 15 is 0 Å². The summed E-state index contributed by atoms with van der Waals surface area (Å²) in [7, 11) is 0. The molecule has 3 atom stereocenters. The number of amides is 2. The van der Waals surface area contributed by atoms with Crippen LogP contribution in [0.3, 0.4) is 0 Å². The smallest absolute Gasteiger partial charge is 0.408 e. The molecule has 206 valence electrons. The Bertz CT molecular complexity index is 984. The first kappa shape index (κ1) is 30.8. The van der Waals surface area contributed by atoms with Gasteiger partial charge in [-0.25, -0.2) is 14.6 Å². The summed E-state index contributed by atoms with van der Waals surface area (Å²) in [6, 6.07) is -1.37. The van der Waals surface area contributed by atoms with Crippen LogP contribution < -0.4 is 10.6 Å². The van der Waals surface area contributed by atoms with Crippen molar-refractivity contribution in [2.24, 2.45) is 10.9 Å². The molecule has 1 aliphatic heterocycles. The Kier molecular flexibility index (Phi) is 12.1. The highest BCUT2D eigenvalue weighted by atomic mass is 32.2. The zero-order valence-corrected chi connectivity index (χ0v) is 24.5. The number of carbonyl (C=O) groups is 3. The van der Waals surface area contributed by atoms with E-state index in [1.165, 1.54) is 23.1 Å². The number of hydrogen-bond donors (Lipinski definition) is 2. The van der Waals surface area contributed by atoms with Gasteiger partial charge >= 0.3 is 12.1 Å². The minimum Gasteiger partial charge on any atom is -0.457 e. The topological polar surface area (TPSA) is 119 Å². The van der Waals surface area contributed by atoms with E-state index in [2.05, 4.69) is 27.5 Å². The van der Waals surface area contributed by atoms with Crippen molar-refractivity contribution in [1.29, 1.82) is 0 Å². The van der Waals surface area contributed by atoms with Gasteiger partial charge in [0.05, 0.1) is 6.54 Å². The number of nitrogens with one attached hydrogen (secondary N) is 2. The number of allylic oxidation sites excluding steroid dienone is 1. The molecule has 37 heavy (non-hydrogen) atoms. The second-order valence-electron chi connectivity index (χ2n) is 10.1. The maximum absolute atomic E-state index is 13.0. The molecule has 0 bridgehead atoms. The van der Waals surface area contributed by atoms with Gasteiger partial charge in [0.2, 0.25) is 5.91 Å². The number of ether oxygens (including phenoxy) is 2.